The molecule has 0 aliphatic carbocycles. The molecule has 1 rings (SSSR count). The molecule has 0 unspecified atom stereocenters. The number of hydrogen-bond acceptors (Lipinski definition) is 3. The molecule has 0 atom stereocenters. The zero-order valence-corrected chi connectivity index (χ0v) is 12.6. The SMILES string of the molecule is Cc1c(C=CCNC(=O)OC(C)(C)C)cccc1CO. The van der Waals surface area contributed by atoms with Gasteiger partial charge < -0.3 is 15.2 Å². The van der Waals surface area contributed by atoms with Crippen LogP contribution in [0.3, 0.4) is 0 Å². The number of amides is 1. The molecule has 0 bridgehead atoms. The van der Waals surface area contributed by atoms with Crippen LogP contribution in [0, 0.1) is 6.92 Å². The molecule has 2 N–H and O–H groups in total. The predicted octanol–water partition coefficient (Wildman–Crippen LogP) is 3.03. The summed E-state index contributed by atoms with van der Waals surface area (Å²) in [6.07, 6.45) is 3.35. The van der Waals surface area contributed by atoms with Gasteiger partial charge in [-0.3, -0.25) is 0 Å². The van der Waals surface area contributed by atoms with Crippen LogP contribution in [0.5, 0.6) is 0 Å². The smallest absolute Gasteiger partial charge is 0.407 e. The lowest BCUT2D eigenvalue weighted by molar-refractivity contribution is 0.0534. The highest BCUT2D eigenvalue weighted by molar-refractivity contribution is 5.68. The molecule has 0 aromatic heterocycles. The molecule has 1 amide bonds. The molecule has 20 heavy (non-hydrogen) atoms. The van der Waals surface area contributed by atoms with Gasteiger partial charge in [0.25, 0.3) is 0 Å². The lowest BCUT2D eigenvalue weighted by Gasteiger charge is -2.19. The first-order valence-electron chi connectivity index (χ1n) is 6.66. The van der Waals surface area contributed by atoms with E-state index in [2.05, 4.69) is 5.32 Å². The van der Waals surface area contributed by atoms with Crippen LogP contribution >= 0.6 is 0 Å². The first-order chi connectivity index (χ1) is 9.33. The van der Waals surface area contributed by atoms with Crippen LogP contribution in [0.4, 0.5) is 4.79 Å². The zero-order valence-electron chi connectivity index (χ0n) is 12.6. The van der Waals surface area contributed by atoms with E-state index in [9.17, 15) is 9.90 Å². The molecule has 0 fully saturated rings. The molecule has 0 heterocycles. The van der Waals surface area contributed by atoms with E-state index in [1.165, 1.54) is 0 Å². The van der Waals surface area contributed by atoms with Gasteiger partial charge in [0.05, 0.1) is 6.61 Å². The van der Waals surface area contributed by atoms with Gasteiger partial charge in [-0.1, -0.05) is 30.4 Å². The molecular weight excluding hydrogens is 254 g/mol. The Labute approximate surface area is 120 Å². The van der Waals surface area contributed by atoms with Crippen LogP contribution in [0.2, 0.25) is 0 Å². The molecule has 0 spiro atoms. The second-order valence-electron chi connectivity index (χ2n) is 5.57. The minimum Gasteiger partial charge on any atom is -0.444 e. The number of ether oxygens (including phenoxy) is 1. The fourth-order valence-electron chi connectivity index (χ4n) is 1.70. The first-order valence-corrected chi connectivity index (χ1v) is 6.66. The van der Waals surface area contributed by atoms with E-state index in [4.69, 9.17) is 4.74 Å². The number of carbonyl (C=O) groups excluding carboxylic acids is 1. The van der Waals surface area contributed by atoms with Crippen molar-refractivity contribution in [2.24, 2.45) is 0 Å². The maximum absolute atomic E-state index is 11.4. The van der Waals surface area contributed by atoms with Crippen molar-refractivity contribution < 1.29 is 14.6 Å². The van der Waals surface area contributed by atoms with Crippen LogP contribution in [0.25, 0.3) is 6.08 Å². The minimum absolute atomic E-state index is 0.0314. The Hall–Kier alpha value is -1.81. The van der Waals surface area contributed by atoms with Crippen molar-refractivity contribution in [2.75, 3.05) is 6.54 Å². The summed E-state index contributed by atoms with van der Waals surface area (Å²) in [4.78, 5) is 11.4. The highest BCUT2D eigenvalue weighted by Gasteiger charge is 2.14. The van der Waals surface area contributed by atoms with E-state index in [-0.39, 0.29) is 6.61 Å². The standard InChI is InChI=1S/C16H23NO3/c1-12-13(7-5-8-14(12)11-18)9-6-10-17-15(19)20-16(2,3)4/h5-9,18H,10-11H2,1-4H3,(H,17,19). The summed E-state index contributed by atoms with van der Waals surface area (Å²) in [5.74, 6) is 0. The fraction of sp³-hybridized carbons (Fsp3) is 0.438. The van der Waals surface area contributed by atoms with E-state index < -0.39 is 11.7 Å². The predicted molar refractivity (Wildman–Crippen MR) is 80.4 cm³/mol. The molecule has 1 aromatic rings. The van der Waals surface area contributed by atoms with E-state index in [1.54, 1.807) is 0 Å². The second-order valence-corrected chi connectivity index (χ2v) is 5.57. The summed E-state index contributed by atoms with van der Waals surface area (Å²) in [7, 11) is 0. The highest BCUT2D eigenvalue weighted by atomic mass is 16.6. The number of benzene rings is 1. The van der Waals surface area contributed by atoms with Gasteiger partial charge in [-0.2, -0.15) is 0 Å². The van der Waals surface area contributed by atoms with Gasteiger partial charge in [-0.25, -0.2) is 4.79 Å². The van der Waals surface area contributed by atoms with Crippen molar-refractivity contribution in [2.45, 2.75) is 39.9 Å². The normalized spacial score (nSPS) is 11.7. The lowest BCUT2D eigenvalue weighted by atomic mass is 10.0. The van der Waals surface area contributed by atoms with E-state index in [1.807, 2.05) is 58.0 Å². The quantitative estimate of drug-likeness (QED) is 0.889. The third-order valence-corrected chi connectivity index (χ3v) is 2.72. The van der Waals surface area contributed by atoms with Crippen molar-refractivity contribution in [1.29, 1.82) is 0 Å². The molecule has 1 aromatic carbocycles. The Kier molecular flexibility index (Phi) is 5.77. The topological polar surface area (TPSA) is 58.6 Å². The van der Waals surface area contributed by atoms with E-state index in [0.717, 1.165) is 16.7 Å². The Bertz CT molecular complexity index is 487. The molecule has 0 radical (unpaired) electrons. The third kappa shape index (κ3) is 5.45. The van der Waals surface area contributed by atoms with Crippen molar-refractivity contribution in [1.82, 2.24) is 5.32 Å². The molecule has 4 nitrogen and oxygen atoms in total. The number of nitrogens with one attached hydrogen (secondary N) is 1. The van der Waals surface area contributed by atoms with Crippen LogP contribution in [-0.4, -0.2) is 23.3 Å². The van der Waals surface area contributed by atoms with E-state index in [0.29, 0.717) is 6.54 Å². The fourth-order valence-corrected chi connectivity index (χ4v) is 1.70. The highest BCUT2D eigenvalue weighted by Crippen LogP contribution is 2.15. The van der Waals surface area contributed by atoms with Crippen LogP contribution in [0.1, 0.15) is 37.5 Å². The number of alkyl carbamates (subject to hydrolysis) is 1. The molecule has 0 aliphatic rings. The molecule has 0 saturated carbocycles. The summed E-state index contributed by atoms with van der Waals surface area (Å²) in [6, 6.07) is 5.77. The van der Waals surface area contributed by atoms with Crippen molar-refractivity contribution in [3.05, 3.63) is 41.0 Å². The van der Waals surface area contributed by atoms with Gasteiger partial charge in [0.15, 0.2) is 0 Å². The average Bonchev–Trinajstić information content (AvgIpc) is 2.34. The average molecular weight is 277 g/mol. The third-order valence-electron chi connectivity index (χ3n) is 2.72. The van der Waals surface area contributed by atoms with Gasteiger partial charge in [-0.15, -0.1) is 0 Å². The summed E-state index contributed by atoms with van der Waals surface area (Å²) in [5, 5.41) is 11.9. The van der Waals surface area contributed by atoms with Crippen LogP contribution < -0.4 is 5.32 Å². The summed E-state index contributed by atoms with van der Waals surface area (Å²) in [5.41, 5.74) is 2.50. The van der Waals surface area contributed by atoms with Gasteiger partial charge in [-0.05, 0) is 44.4 Å². The van der Waals surface area contributed by atoms with Crippen LogP contribution in [0.15, 0.2) is 24.3 Å². The molecule has 110 valence electrons. The maximum Gasteiger partial charge on any atom is 0.407 e. The van der Waals surface area contributed by atoms with Gasteiger partial charge in [0.1, 0.15) is 5.60 Å². The monoisotopic (exact) mass is 277 g/mol. The molecular formula is C16H23NO3. The van der Waals surface area contributed by atoms with Crippen LogP contribution in [-0.2, 0) is 11.3 Å². The number of carbonyl (C=O) groups is 1. The number of aliphatic hydroxyl groups excluding tert-OH is 1. The molecule has 4 heteroatoms. The lowest BCUT2D eigenvalue weighted by Crippen LogP contribution is -2.32. The number of aliphatic hydroxyl groups is 1. The van der Waals surface area contributed by atoms with Gasteiger partial charge in [0.2, 0.25) is 0 Å². The van der Waals surface area contributed by atoms with Crippen molar-refractivity contribution in [3.8, 4) is 0 Å². The minimum atomic E-state index is -0.486. The maximum atomic E-state index is 11.4. The zero-order chi connectivity index (χ0) is 15.2. The number of hydrogen-bond donors (Lipinski definition) is 2. The Morgan fingerprint density at radius 1 is 1.40 bits per heavy atom. The second kappa shape index (κ2) is 7.10. The Morgan fingerprint density at radius 2 is 2.10 bits per heavy atom. The first kappa shape index (κ1) is 16.2. The Morgan fingerprint density at radius 3 is 2.70 bits per heavy atom. The Balaban J connectivity index is 2.52. The largest absolute Gasteiger partial charge is 0.444 e. The van der Waals surface area contributed by atoms with Crippen molar-refractivity contribution >= 4 is 12.2 Å². The summed E-state index contributed by atoms with van der Waals surface area (Å²) < 4.78 is 5.13. The van der Waals surface area contributed by atoms with Gasteiger partial charge >= 0.3 is 6.09 Å². The summed E-state index contributed by atoms with van der Waals surface area (Å²) in [6.45, 7) is 7.87. The molecule has 0 aliphatic heterocycles. The molecule has 0 saturated heterocycles. The summed E-state index contributed by atoms with van der Waals surface area (Å²) >= 11 is 0. The van der Waals surface area contributed by atoms with Gasteiger partial charge in [0, 0.05) is 6.54 Å². The van der Waals surface area contributed by atoms with Crippen molar-refractivity contribution in [3.63, 3.8) is 0 Å². The van der Waals surface area contributed by atoms with E-state index >= 15 is 0 Å². The number of rotatable bonds is 4.